The molecule has 3 aromatic carbocycles. The van der Waals surface area contributed by atoms with Gasteiger partial charge < -0.3 is 5.32 Å². The first kappa shape index (κ1) is 20.5. The lowest BCUT2D eigenvalue weighted by atomic mass is 10.0. The predicted octanol–water partition coefficient (Wildman–Crippen LogP) is 4.16. The van der Waals surface area contributed by atoms with Crippen molar-refractivity contribution < 1.29 is 17.6 Å². The first-order valence-electron chi connectivity index (χ1n) is 9.07. The average molecular weight is 412 g/mol. The Hall–Kier alpha value is -3.19. The zero-order valence-electron chi connectivity index (χ0n) is 15.8. The van der Waals surface area contributed by atoms with Crippen LogP contribution in [0.5, 0.6) is 0 Å². The minimum Gasteiger partial charge on any atom is -0.351 e. The van der Waals surface area contributed by atoms with Crippen molar-refractivity contribution in [3.8, 4) is 0 Å². The summed E-state index contributed by atoms with van der Waals surface area (Å²) in [5.41, 5.74) is 1.87. The molecule has 2 N–H and O–H groups in total. The molecular formula is C22H21FN2O3S. The van der Waals surface area contributed by atoms with E-state index in [0.29, 0.717) is 17.8 Å². The van der Waals surface area contributed by atoms with E-state index in [2.05, 4.69) is 10.0 Å². The number of amides is 1. The molecule has 1 amide bonds. The van der Waals surface area contributed by atoms with Gasteiger partial charge in [-0.15, -0.1) is 0 Å². The highest BCUT2D eigenvalue weighted by atomic mass is 32.2. The third-order valence-corrected chi connectivity index (χ3v) is 5.86. The second-order valence-corrected chi connectivity index (χ2v) is 8.34. The molecule has 3 aromatic rings. The van der Waals surface area contributed by atoms with Gasteiger partial charge in [0.05, 0.1) is 4.90 Å². The van der Waals surface area contributed by atoms with Crippen molar-refractivity contribution >= 4 is 21.6 Å². The number of anilines is 1. The van der Waals surface area contributed by atoms with Crippen molar-refractivity contribution in [1.29, 1.82) is 0 Å². The van der Waals surface area contributed by atoms with Crippen LogP contribution < -0.4 is 10.0 Å². The quantitative estimate of drug-likeness (QED) is 0.612. The van der Waals surface area contributed by atoms with Crippen molar-refractivity contribution in [3.63, 3.8) is 0 Å². The van der Waals surface area contributed by atoms with Crippen LogP contribution in [0.25, 0.3) is 0 Å². The molecule has 5 nitrogen and oxygen atoms in total. The normalized spacial score (nSPS) is 12.2. The first-order valence-corrected chi connectivity index (χ1v) is 10.5. The fourth-order valence-electron chi connectivity index (χ4n) is 2.76. The molecule has 0 spiro atoms. The molecule has 0 aliphatic carbocycles. The summed E-state index contributed by atoms with van der Waals surface area (Å²) in [6, 6.07) is 20.5. The Morgan fingerprint density at radius 2 is 1.55 bits per heavy atom. The summed E-state index contributed by atoms with van der Waals surface area (Å²) in [5, 5.41) is 2.88. The standard InChI is InChI=1S/C22H21FN2O3S/c1-16(17-5-3-2-4-6-17)15-24-22(26)18-7-11-20(12-8-18)25-29(27,28)21-13-9-19(23)10-14-21/h2-14,16,25H,15H2,1H3,(H,24,26)/t16-/m1/s1. The number of halogens is 1. The Labute approximate surface area is 169 Å². The van der Waals surface area contributed by atoms with Crippen molar-refractivity contribution in [2.45, 2.75) is 17.7 Å². The minimum absolute atomic E-state index is 0.0457. The van der Waals surface area contributed by atoms with Gasteiger partial charge in [-0.1, -0.05) is 37.3 Å². The smallest absolute Gasteiger partial charge is 0.261 e. The number of hydrogen-bond donors (Lipinski definition) is 2. The van der Waals surface area contributed by atoms with E-state index in [9.17, 15) is 17.6 Å². The second-order valence-electron chi connectivity index (χ2n) is 6.66. The van der Waals surface area contributed by atoms with E-state index >= 15 is 0 Å². The monoisotopic (exact) mass is 412 g/mol. The van der Waals surface area contributed by atoms with Gasteiger partial charge in [0.25, 0.3) is 15.9 Å². The van der Waals surface area contributed by atoms with E-state index in [4.69, 9.17) is 0 Å². The van der Waals surface area contributed by atoms with Crippen LogP contribution in [-0.4, -0.2) is 20.9 Å². The summed E-state index contributed by atoms with van der Waals surface area (Å²) >= 11 is 0. The van der Waals surface area contributed by atoms with E-state index in [1.165, 1.54) is 24.3 Å². The molecule has 0 fully saturated rings. The highest BCUT2D eigenvalue weighted by Gasteiger charge is 2.15. The molecule has 0 aliphatic rings. The maximum Gasteiger partial charge on any atom is 0.261 e. The van der Waals surface area contributed by atoms with Gasteiger partial charge in [0.1, 0.15) is 5.82 Å². The number of nitrogens with one attached hydrogen (secondary N) is 2. The first-order chi connectivity index (χ1) is 13.8. The van der Waals surface area contributed by atoms with Gasteiger partial charge in [0.15, 0.2) is 0 Å². The molecule has 0 heterocycles. The number of hydrogen-bond acceptors (Lipinski definition) is 3. The van der Waals surface area contributed by atoms with E-state index in [1.54, 1.807) is 12.1 Å². The summed E-state index contributed by atoms with van der Waals surface area (Å²) in [6.07, 6.45) is 0. The molecule has 0 saturated heterocycles. The van der Waals surface area contributed by atoms with E-state index in [1.807, 2.05) is 37.3 Å². The van der Waals surface area contributed by atoms with Gasteiger partial charge in [-0.05, 0) is 60.0 Å². The Morgan fingerprint density at radius 1 is 0.931 bits per heavy atom. The summed E-state index contributed by atoms with van der Waals surface area (Å²) in [4.78, 5) is 12.3. The average Bonchev–Trinajstić information content (AvgIpc) is 2.73. The zero-order valence-corrected chi connectivity index (χ0v) is 16.6. The van der Waals surface area contributed by atoms with Crippen LogP contribution in [0.3, 0.4) is 0 Å². The lowest BCUT2D eigenvalue weighted by Gasteiger charge is -2.13. The van der Waals surface area contributed by atoms with Crippen LogP contribution in [0, 0.1) is 5.82 Å². The van der Waals surface area contributed by atoms with Crippen LogP contribution >= 0.6 is 0 Å². The van der Waals surface area contributed by atoms with Crippen LogP contribution in [-0.2, 0) is 10.0 Å². The van der Waals surface area contributed by atoms with Crippen molar-refractivity contribution in [1.82, 2.24) is 5.32 Å². The minimum atomic E-state index is -3.83. The molecule has 1 atom stereocenters. The summed E-state index contributed by atoms with van der Waals surface area (Å²) in [7, 11) is -3.83. The van der Waals surface area contributed by atoms with Gasteiger partial charge >= 0.3 is 0 Å². The molecule has 0 unspecified atom stereocenters. The molecule has 0 aliphatic heterocycles. The van der Waals surface area contributed by atoms with Gasteiger partial charge in [0, 0.05) is 17.8 Å². The second kappa shape index (κ2) is 8.87. The number of carbonyl (C=O) groups is 1. The fourth-order valence-corrected chi connectivity index (χ4v) is 3.82. The van der Waals surface area contributed by atoms with Gasteiger partial charge in [0.2, 0.25) is 0 Å². The van der Waals surface area contributed by atoms with Gasteiger partial charge in [-0.25, -0.2) is 12.8 Å². The summed E-state index contributed by atoms with van der Waals surface area (Å²) in [5.74, 6) is -0.580. The third kappa shape index (κ3) is 5.42. The Bertz CT molecular complexity index is 1070. The molecule has 0 bridgehead atoms. The summed E-state index contributed by atoms with van der Waals surface area (Å²) < 4.78 is 40.0. The SMILES string of the molecule is C[C@H](CNC(=O)c1ccc(NS(=O)(=O)c2ccc(F)cc2)cc1)c1ccccc1. The molecule has 0 radical (unpaired) electrons. The highest BCUT2D eigenvalue weighted by molar-refractivity contribution is 7.92. The molecular weight excluding hydrogens is 391 g/mol. The van der Waals surface area contributed by atoms with Crippen LogP contribution in [0.4, 0.5) is 10.1 Å². The predicted molar refractivity (Wildman–Crippen MR) is 111 cm³/mol. The Balaban J connectivity index is 1.60. The number of carbonyl (C=O) groups excluding carboxylic acids is 1. The van der Waals surface area contributed by atoms with Crippen molar-refractivity contribution in [3.05, 3.63) is 95.8 Å². The third-order valence-electron chi connectivity index (χ3n) is 4.46. The van der Waals surface area contributed by atoms with Gasteiger partial charge in [-0.2, -0.15) is 0 Å². The lowest BCUT2D eigenvalue weighted by Crippen LogP contribution is -2.27. The van der Waals surface area contributed by atoms with Gasteiger partial charge in [-0.3, -0.25) is 9.52 Å². The maximum absolute atomic E-state index is 13.0. The zero-order chi connectivity index (χ0) is 20.9. The molecule has 0 saturated carbocycles. The fraction of sp³-hybridized carbons (Fsp3) is 0.136. The van der Waals surface area contributed by atoms with E-state index < -0.39 is 15.8 Å². The highest BCUT2D eigenvalue weighted by Crippen LogP contribution is 2.18. The van der Waals surface area contributed by atoms with Crippen molar-refractivity contribution in [2.75, 3.05) is 11.3 Å². The summed E-state index contributed by atoms with van der Waals surface area (Å²) in [6.45, 7) is 2.52. The topological polar surface area (TPSA) is 75.3 Å². The maximum atomic E-state index is 13.0. The number of sulfonamides is 1. The number of rotatable bonds is 7. The Morgan fingerprint density at radius 3 is 2.17 bits per heavy atom. The lowest BCUT2D eigenvalue weighted by molar-refractivity contribution is 0.0951. The molecule has 150 valence electrons. The van der Waals surface area contributed by atoms with Crippen molar-refractivity contribution in [2.24, 2.45) is 0 Å². The largest absolute Gasteiger partial charge is 0.351 e. The van der Waals surface area contributed by atoms with Crippen LogP contribution in [0.1, 0.15) is 28.8 Å². The van der Waals surface area contributed by atoms with E-state index in [0.717, 1.165) is 17.7 Å². The molecule has 29 heavy (non-hydrogen) atoms. The molecule has 3 rings (SSSR count). The molecule has 0 aromatic heterocycles. The number of benzene rings is 3. The van der Waals surface area contributed by atoms with Crippen LogP contribution in [0.2, 0.25) is 0 Å². The van der Waals surface area contributed by atoms with Crippen LogP contribution in [0.15, 0.2) is 83.8 Å². The Kier molecular flexibility index (Phi) is 6.29. The molecule has 7 heteroatoms. The van der Waals surface area contributed by atoms with E-state index in [-0.39, 0.29) is 16.7 Å².